The molecule has 0 saturated heterocycles. The highest BCUT2D eigenvalue weighted by Crippen LogP contribution is 2.09. The first-order valence-corrected chi connectivity index (χ1v) is 10.9. The molecule has 4 heteroatoms. The molecular formula is C26H56N4. The third-order valence-electron chi connectivity index (χ3n) is 0.812. The van der Waals surface area contributed by atoms with E-state index in [1.807, 2.05) is 12.1 Å². The van der Waals surface area contributed by atoms with Gasteiger partial charge in [-0.3, -0.25) is 10.2 Å². The van der Waals surface area contributed by atoms with Gasteiger partial charge in [-0.2, -0.15) is 10.2 Å². The monoisotopic (exact) mass is 424 g/mol. The molecule has 0 spiro atoms. The van der Waals surface area contributed by atoms with Gasteiger partial charge >= 0.3 is 0 Å². The molecule has 2 aromatic heterocycles. The Hall–Kier alpha value is -1.58. The van der Waals surface area contributed by atoms with Crippen LogP contribution in [-0.2, 0) is 0 Å². The van der Waals surface area contributed by atoms with Crippen molar-refractivity contribution < 1.29 is 0 Å². The minimum atomic E-state index is 0.500. The molecule has 2 rings (SSSR count). The lowest BCUT2D eigenvalue weighted by Gasteiger charge is -2.05. The highest BCUT2D eigenvalue weighted by molar-refractivity contribution is 4.72. The first-order valence-electron chi connectivity index (χ1n) is 10.9. The Morgan fingerprint density at radius 1 is 0.400 bits per heavy atom. The molecule has 0 aliphatic carbocycles. The number of hydrogen-bond donors (Lipinski definition) is 2. The summed E-state index contributed by atoms with van der Waals surface area (Å²) < 4.78 is 0. The van der Waals surface area contributed by atoms with Crippen LogP contribution in [0.4, 0.5) is 0 Å². The minimum Gasteiger partial charge on any atom is -0.286 e. The van der Waals surface area contributed by atoms with Gasteiger partial charge in [0.15, 0.2) is 0 Å². The van der Waals surface area contributed by atoms with Crippen molar-refractivity contribution in [3.8, 4) is 0 Å². The number of nitrogens with one attached hydrogen (secondary N) is 2. The summed E-state index contributed by atoms with van der Waals surface area (Å²) in [5.74, 6) is 0. The minimum absolute atomic E-state index is 0.500. The number of nitrogens with zero attached hydrogens (tertiary/aromatic N) is 2. The molecule has 0 aromatic carbocycles. The van der Waals surface area contributed by atoms with Crippen molar-refractivity contribution in [3.63, 3.8) is 0 Å². The molecule has 180 valence electrons. The van der Waals surface area contributed by atoms with Gasteiger partial charge in [0, 0.05) is 24.8 Å². The van der Waals surface area contributed by atoms with Crippen molar-refractivity contribution in [2.45, 2.75) is 111 Å². The Bertz CT molecular complexity index is 367. The summed E-state index contributed by atoms with van der Waals surface area (Å²) in [7, 11) is 0. The standard InChI is InChI=1S/4C5H12.2C3H4N2/c4*1-5(2,3)4;2*1-2-4-5-3-1/h4*1-4H3;2*1-3H,(H,4,5). The maximum absolute atomic E-state index is 3.60. The van der Waals surface area contributed by atoms with Gasteiger partial charge in [-0.15, -0.1) is 0 Å². The van der Waals surface area contributed by atoms with Crippen molar-refractivity contribution in [3.05, 3.63) is 36.9 Å². The van der Waals surface area contributed by atoms with Crippen LogP contribution in [0.15, 0.2) is 36.9 Å². The molecule has 0 bridgehead atoms. The smallest absolute Gasteiger partial charge is 0.0487 e. The van der Waals surface area contributed by atoms with E-state index in [9.17, 15) is 0 Å². The molecule has 0 radical (unpaired) electrons. The predicted octanol–water partition coefficient (Wildman–Crippen LogP) is 9.03. The molecule has 30 heavy (non-hydrogen) atoms. The van der Waals surface area contributed by atoms with E-state index in [1.54, 1.807) is 24.8 Å². The third-order valence-corrected chi connectivity index (χ3v) is 0.812. The second kappa shape index (κ2) is 18.2. The second-order valence-electron chi connectivity index (χ2n) is 13.5. The first-order chi connectivity index (χ1) is 13.0. The van der Waals surface area contributed by atoms with E-state index < -0.39 is 0 Å². The lowest BCUT2D eigenvalue weighted by atomic mass is 10.0. The van der Waals surface area contributed by atoms with Gasteiger partial charge in [0.25, 0.3) is 0 Å². The normalized spacial score (nSPS) is 10.7. The molecule has 0 aliphatic rings. The van der Waals surface area contributed by atoms with E-state index in [0.29, 0.717) is 21.7 Å². The maximum Gasteiger partial charge on any atom is 0.0487 e. The average Bonchev–Trinajstić information content (AvgIpc) is 3.10. The number of aromatic nitrogens is 4. The summed E-state index contributed by atoms with van der Waals surface area (Å²) >= 11 is 0. The molecule has 0 unspecified atom stereocenters. The fraction of sp³-hybridized carbons (Fsp3) is 0.769. The zero-order valence-electron chi connectivity index (χ0n) is 23.4. The third kappa shape index (κ3) is 241. The number of H-pyrrole nitrogens is 2. The van der Waals surface area contributed by atoms with E-state index >= 15 is 0 Å². The molecule has 0 aliphatic heterocycles. The molecular weight excluding hydrogens is 368 g/mol. The van der Waals surface area contributed by atoms with Gasteiger partial charge in [0.1, 0.15) is 0 Å². The van der Waals surface area contributed by atoms with Crippen LogP contribution in [0.5, 0.6) is 0 Å². The fourth-order valence-corrected chi connectivity index (χ4v) is 0.430. The van der Waals surface area contributed by atoms with Crippen molar-refractivity contribution in [2.75, 3.05) is 0 Å². The van der Waals surface area contributed by atoms with Crippen LogP contribution in [0, 0.1) is 21.7 Å². The SMILES string of the molecule is CC(C)(C)C.CC(C)(C)C.CC(C)(C)C.CC(C)(C)C.c1cn[nH]c1.c1cn[nH]c1. The summed E-state index contributed by atoms with van der Waals surface area (Å²) in [5.41, 5.74) is 2.00. The van der Waals surface area contributed by atoms with Crippen molar-refractivity contribution in [1.82, 2.24) is 20.4 Å². The van der Waals surface area contributed by atoms with Gasteiger partial charge in [-0.05, 0) is 33.8 Å². The predicted molar refractivity (Wildman–Crippen MR) is 138 cm³/mol. The summed E-state index contributed by atoms with van der Waals surface area (Å²) in [4.78, 5) is 0. The summed E-state index contributed by atoms with van der Waals surface area (Å²) in [6.07, 6.45) is 6.92. The van der Waals surface area contributed by atoms with Crippen LogP contribution in [-0.4, -0.2) is 20.4 Å². The van der Waals surface area contributed by atoms with Gasteiger partial charge < -0.3 is 0 Å². The number of aromatic amines is 2. The van der Waals surface area contributed by atoms with Crippen LogP contribution in [0.25, 0.3) is 0 Å². The second-order valence-corrected chi connectivity index (χ2v) is 13.5. The Morgan fingerprint density at radius 2 is 0.567 bits per heavy atom. The molecule has 2 heterocycles. The van der Waals surface area contributed by atoms with E-state index in [4.69, 9.17) is 0 Å². The first kappa shape index (κ1) is 35.8. The quantitative estimate of drug-likeness (QED) is 0.443. The van der Waals surface area contributed by atoms with E-state index in [2.05, 4.69) is 131 Å². The van der Waals surface area contributed by atoms with Crippen LogP contribution in [0.3, 0.4) is 0 Å². The topological polar surface area (TPSA) is 57.4 Å². The Kier molecular flexibility index (Phi) is 21.7. The Balaban J connectivity index is -0.000000135. The summed E-state index contributed by atoms with van der Waals surface area (Å²) in [6, 6.07) is 3.67. The molecule has 4 nitrogen and oxygen atoms in total. The number of rotatable bonds is 0. The Labute approximate surface area is 190 Å². The molecule has 0 fully saturated rings. The van der Waals surface area contributed by atoms with Gasteiger partial charge in [0.05, 0.1) is 0 Å². The van der Waals surface area contributed by atoms with E-state index in [0.717, 1.165) is 0 Å². The molecule has 0 saturated carbocycles. The lowest BCUT2D eigenvalue weighted by Crippen LogP contribution is -1.93. The molecule has 0 atom stereocenters. The highest BCUT2D eigenvalue weighted by Gasteiger charge is 1.96. The zero-order chi connectivity index (χ0) is 25.1. The maximum atomic E-state index is 3.60. The number of hydrogen-bond acceptors (Lipinski definition) is 2. The highest BCUT2D eigenvalue weighted by atomic mass is 15.1. The molecule has 2 N–H and O–H groups in total. The largest absolute Gasteiger partial charge is 0.286 e. The summed E-state index contributed by atoms with van der Waals surface area (Å²) in [6.45, 7) is 35.0. The zero-order valence-corrected chi connectivity index (χ0v) is 23.4. The van der Waals surface area contributed by atoms with Crippen molar-refractivity contribution in [2.24, 2.45) is 21.7 Å². The van der Waals surface area contributed by atoms with Crippen molar-refractivity contribution >= 4 is 0 Å². The van der Waals surface area contributed by atoms with Crippen LogP contribution in [0.2, 0.25) is 0 Å². The van der Waals surface area contributed by atoms with E-state index in [-0.39, 0.29) is 0 Å². The van der Waals surface area contributed by atoms with Crippen LogP contribution in [0.1, 0.15) is 111 Å². The van der Waals surface area contributed by atoms with Crippen LogP contribution < -0.4 is 0 Å². The average molecular weight is 425 g/mol. The fourth-order valence-electron chi connectivity index (χ4n) is 0.430. The Morgan fingerprint density at radius 3 is 0.600 bits per heavy atom. The summed E-state index contributed by atoms with van der Waals surface area (Å²) in [5, 5.41) is 12.4. The molecule has 0 amide bonds. The van der Waals surface area contributed by atoms with Gasteiger partial charge in [-0.1, -0.05) is 111 Å². The molecule has 2 aromatic rings. The van der Waals surface area contributed by atoms with Gasteiger partial charge in [-0.25, -0.2) is 0 Å². The van der Waals surface area contributed by atoms with E-state index in [1.165, 1.54) is 0 Å². The van der Waals surface area contributed by atoms with Crippen LogP contribution >= 0.6 is 0 Å². The van der Waals surface area contributed by atoms with Gasteiger partial charge in [0.2, 0.25) is 0 Å². The lowest BCUT2D eigenvalue weighted by molar-refractivity contribution is 0.469. The van der Waals surface area contributed by atoms with Crippen molar-refractivity contribution in [1.29, 1.82) is 0 Å².